The highest BCUT2D eigenvalue weighted by molar-refractivity contribution is 8.01. The third-order valence-electron chi connectivity index (χ3n) is 2.99. The number of thioether (sulfide) groups is 1. The lowest BCUT2D eigenvalue weighted by molar-refractivity contribution is 0.103. The highest BCUT2D eigenvalue weighted by atomic mass is 32.2. The van der Waals surface area contributed by atoms with Crippen molar-refractivity contribution in [3.8, 4) is 0 Å². The van der Waals surface area contributed by atoms with Crippen molar-refractivity contribution >= 4 is 51.6 Å². The van der Waals surface area contributed by atoms with E-state index in [-0.39, 0.29) is 5.91 Å². The smallest absolute Gasteiger partial charge is 0.267 e. The van der Waals surface area contributed by atoms with Gasteiger partial charge in [0.1, 0.15) is 0 Å². The maximum Gasteiger partial charge on any atom is 0.267 e. The fourth-order valence-corrected chi connectivity index (χ4v) is 4.27. The summed E-state index contributed by atoms with van der Waals surface area (Å²) in [6, 6.07) is 12.0. The quantitative estimate of drug-likeness (QED) is 0.490. The van der Waals surface area contributed by atoms with Crippen molar-refractivity contribution in [2.75, 3.05) is 11.1 Å². The van der Waals surface area contributed by atoms with Gasteiger partial charge in [-0.3, -0.25) is 10.1 Å². The predicted octanol–water partition coefficient (Wildman–Crippen LogP) is 4.97. The van der Waals surface area contributed by atoms with Crippen LogP contribution in [0, 0.1) is 6.92 Å². The zero-order valence-electron chi connectivity index (χ0n) is 12.9. The third-order valence-corrected chi connectivity index (χ3v) is 5.97. The SMILES string of the molecule is Cc1csc(C(=O)Nc2nnc(SC/C=C/c3ccccc3)s2)c1. The topological polar surface area (TPSA) is 54.9 Å². The second-order valence-electron chi connectivity index (χ2n) is 4.94. The molecule has 4 nitrogen and oxygen atoms in total. The summed E-state index contributed by atoms with van der Waals surface area (Å²) in [4.78, 5) is 12.8. The molecule has 0 radical (unpaired) electrons. The lowest BCUT2D eigenvalue weighted by Gasteiger charge is -1.96. The summed E-state index contributed by atoms with van der Waals surface area (Å²) in [7, 11) is 0. The van der Waals surface area contributed by atoms with Crippen molar-refractivity contribution in [2.24, 2.45) is 0 Å². The van der Waals surface area contributed by atoms with Crippen LogP contribution in [-0.4, -0.2) is 21.9 Å². The molecule has 122 valence electrons. The van der Waals surface area contributed by atoms with E-state index in [1.807, 2.05) is 36.6 Å². The van der Waals surface area contributed by atoms with Gasteiger partial charge in [0.05, 0.1) is 4.88 Å². The fourth-order valence-electron chi connectivity index (χ4n) is 1.90. The van der Waals surface area contributed by atoms with Gasteiger partial charge in [-0.15, -0.1) is 21.5 Å². The van der Waals surface area contributed by atoms with Gasteiger partial charge < -0.3 is 0 Å². The molecule has 1 N–H and O–H groups in total. The summed E-state index contributed by atoms with van der Waals surface area (Å²) in [5.74, 6) is 0.673. The van der Waals surface area contributed by atoms with Crippen molar-refractivity contribution in [1.29, 1.82) is 0 Å². The molecule has 0 saturated heterocycles. The molecule has 0 atom stereocenters. The van der Waals surface area contributed by atoms with E-state index in [1.165, 1.54) is 28.2 Å². The van der Waals surface area contributed by atoms with Crippen LogP contribution in [0.25, 0.3) is 6.08 Å². The Kier molecular flexibility index (Phi) is 5.79. The monoisotopic (exact) mass is 373 g/mol. The Hall–Kier alpha value is -1.96. The van der Waals surface area contributed by atoms with Crippen molar-refractivity contribution in [2.45, 2.75) is 11.3 Å². The average molecular weight is 374 g/mol. The van der Waals surface area contributed by atoms with Crippen LogP contribution >= 0.6 is 34.4 Å². The number of anilines is 1. The van der Waals surface area contributed by atoms with Gasteiger partial charge in [0.15, 0.2) is 4.34 Å². The molecule has 0 saturated carbocycles. The van der Waals surface area contributed by atoms with Gasteiger partial charge in [-0.1, -0.05) is 65.6 Å². The summed E-state index contributed by atoms with van der Waals surface area (Å²) < 4.78 is 0.838. The third kappa shape index (κ3) is 4.77. The largest absolute Gasteiger partial charge is 0.296 e. The van der Waals surface area contributed by atoms with Crippen LogP contribution in [0.5, 0.6) is 0 Å². The predicted molar refractivity (Wildman–Crippen MR) is 103 cm³/mol. The van der Waals surface area contributed by atoms with E-state index in [2.05, 4.69) is 39.8 Å². The summed E-state index contributed by atoms with van der Waals surface area (Å²) in [5, 5.41) is 13.4. The summed E-state index contributed by atoms with van der Waals surface area (Å²) in [5.41, 5.74) is 2.26. The number of nitrogens with one attached hydrogen (secondary N) is 1. The average Bonchev–Trinajstić information content (AvgIpc) is 3.22. The van der Waals surface area contributed by atoms with Gasteiger partial charge in [0.2, 0.25) is 5.13 Å². The Morgan fingerprint density at radius 2 is 2.12 bits per heavy atom. The maximum absolute atomic E-state index is 12.1. The summed E-state index contributed by atoms with van der Waals surface area (Å²) in [6.07, 6.45) is 4.17. The van der Waals surface area contributed by atoms with Gasteiger partial charge in [-0.25, -0.2) is 0 Å². The normalized spacial score (nSPS) is 11.0. The minimum absolute atomic E-state index is 0.134. The van der Waals surface area contributed by atoms with E-state index in [9.17, 15) is 4.79 Å². The number of amides is 1. The number of aryl methyl sites for hydroxylation is 1. The van der Waals surface area contributed by atoms with Crippen LogP contribution in [0.2, 0.25) is 0 Å². The molecule has 1 aromatic carbocycles. The summed E-state index contributed by atoms with van der Waals surface area (Å²) >= 11 is 4.41. The Bertz CT molecular complexity index is 840. The second kappa shape index (κ2) is 8.23. The minimum atomic E-state index is -0.134. The second-order valence-corrected chi connectivity index (χ2v) is 8.10. The number of aromatic nitrogens is 2. The molecule has 1 amide bonds. The number of nitrogens with zero attached hydrogens (tertiary/aromatic N) is 2. The Labute approximate surface area is 152 Å². The molecule has 0 aliphatic heterocycles. The van der Waals surface area contributed by atoms with Crippen molar-refractivity contribution in [3.63, 3.8) is 0 Å². The van der Waals surface area contributed by atoms with Crippen LogP contribution in [0.15, 0.2) is 52.2 Å². The molecule has 24 heavy (non-hydrogen) atoms. The molecule has 0 aliphatic rings. The fraction of sp³-hybridized carbons (Fsp3) is 0.118. The number of carbonyl (C=O) groups is 1. The minimum Gasteiger partial charge on any atom is -0.296 e. The first-order valence-corrected chi connectivity index (χ1v) is 9.93. The van der Waals surface area contributed by atoms with Gasteiger partial charge in [-0.05, 0) is 29.5 Å². The van der Waals surface area contributed by atoms with E-state index in [1.54, 1.807) is 11.8 Å². The first-order chi connectivity index (χ1) is 11.7. The number of hydrogen-bond acceptors (Lipinski definition) is 6. The molecule has 0 aliphatic carbocycles. The number of rotatable bonds is 6. The van der Waals surface area contributed by atoms with Gasteiger partial charge in [-0.2, -0.15) is 0 Å². The molecule has 3 rings (SSSR count). The van der Waals surface area contributed by atoms with E-state index >= 15 is 0 Å². The van der Waals surface area contributed by atoms with E-state index in [0.717, 1.165) is 15.7 Å². The zero-order valence-corrected chi connectivity index (χ0v) is 15.4. The molecule has 0 bridgehead atoms. The molecule has 2 aromatic heterocycles. The molecule has 0 fully saturated rings. The van der Waals surface area contributed by atoms with Crippen molar-refractivity contribution in [1.82, 2.24) is 10.2 Å². The van der Waals surface area contributed by atoms with Crippen molar-refractivity contribution in [3.05, 3.63) is 63.9 Å². The van der Waals surface area contributed by atoms with Gasteiger partial charge >= 0.3 is 0 Å². The van der Waals surface area contributed by atoms with Gasteiger partial charge in [0.25, 0.3) is 5.91 Å². The molecule has 7 heteroatoms. The molecular formula is C17H15N3OS3. The van der Waals surface area contributed by atoms with Crippen LogP contribution in [0.4, 0.5) is 5.13 Å². The zero-order chi connectivity index (χ0) is 16.8. The van der Waals surface area contributed by atoms with Crippen molar-refractivity contribution < 1.29 is 4.79 Å². The first-order valence-electron chi connectivity index (χ1n) is 7.25. The van der Waals surface area contributed by atoms with Crippen LogP contribution in [0.3, 0.4) is 0 Å². The molecule has 2 heterocycles. The van der Waals surface area contributed by atoms with E-state index in [4.69, 9.17) is 0 Å². The number of carbonyl (C=O) groups excluding carboxylic acids is 1. The lowest BCUT2D eigenvalue weighted by Crippen LogP contribution is -2.09. The number of hydrogen-bond donors (Lipinski definition) is 1. The maximum atomic E-state index is 12.1. The Balaban J connectivity index is 1.50. The van der Waals surface area contributed by atoms with Crippen LogP contribution in [-0.2, 0) is 0 Å². The molecule has 3 aromatic rings. The van der Waals surface area contributed by atoms with Gasteiger partial charge in [0, 0.05) is 5.75 Å². The first kappa shape index (κ1) is 16.9. The molecule has 0 spiro atoms. The molecule has 0 unspecified atom stereocenters. The number of benzene rings is 1. The highest BCUT2D eigenvalue weighted by Gasteiger charge is 2.11. The Morgan fingerprint density at radius 1 is 1.29 bits per heavy atom. The van der Waals surface area contributed by atoms with Crippen LogP contribution < -0.4 is 5.32 Å². The van der Waals surface area contributed by atoms with E-state index in [0.29, 0.717) is 10.0 Å². The summed E-state index contributed by atoms with van der Waals surface area (Å²) in [6.45, 7) is 1.97. The van der Waals surface area contributed by atoms with E-state index < -0.39 is 0 Å². The van der Waals surface area contributed by atoms with Crippen LogP contribution in [0.1, 0.15) is 20.8 Å². The lowest BCUT2D eigenvalue weighted by atomic mass is 10.2. The Morgan fingerprint density at radius 3 is 2.88 bits per heavy atom. The number of thiophene rings is 1. The molecular weight excluding hydrogens is 358 g/mol. The standard InChI is InChI=1S/C17H15N3OS3/c1-12-10-14(23-11-12)15(21)18-16-19-20-17(24-16)22-9-5-8-13-6-3-2-4-7-13/h2-8,10-11H,9H2,1H3,(H,18,19,21)/b8-5+. The highest BCUT2D eigenvalue weighted by Crippen LogP contribution is 2.26.